The molecule has 0 spiro atoms. The van der Waals surface area contributed by atoms with Crippen LogP contribution in [0.25, 0.3) is 11.1 Å². The Morgan fingerprint density at radius 1 is 1.23 bits per heavy atom. The Kier molecular flexibility index (Phi) is 8.50. The fraction of sp³-hybridized carbons (Fsp3) is 0.364. The van der Waals surface area contributed by atoms with Crippen LogP contribution in [0.15, 0.2) is 36.4 Å². The summed E-state index contributed by atoms with van der Waals surface area (Å²) in [5, 5.41) is 21.8. The minimum absolute atomic E-state index is 0.0827. The van der Waals surface area contributed by atoms with Crippen molar-refractivity contribution >= 4 is 38.4 Å². The van der Waals surface area contributed by atoms with Crippen LogP contribution in [0.5, 0.6) is 5.75 Å². The molecule has 0 fully saturated rings. The zero-order valence-corrected chi connectivity index (χ0v) is 21.3. The second-order valence-electron chi connectivity index (χ2n) is 8.58. The van der Waals surface area contributed by atoms with E-state index in [-0.39, 0.29) is 40.3 Å². The van der Waals surface area contributed by atoms with Crippen LogP contribution in [0.3, 0.4) is 0 Å². The van der Waals surface area contributed by atoms with Crippen LogP contribution in [0.1, 0.15) is 26.3 Å². The van der Waals surface area contributed by atoms with Gasteiger partial charge in [0.15, 0.2) is 0 Å². The molecule has 0 saturated heterocycles. The summed E-state index contributed by atoms with van der Waals surface area (Å²) in [6.07, 6.45) is -1.12. The second kappa shape index (κ2) is 11.0. The van der Waals surface area contributed by atoms with Crippen LogP contribution in [0.4, 0.5) is 26.4 Å². The number of nitrogen functional groups attached to an aromatic ring is 1. The molecule has 0 aliphatic carbocycles. The van der Waals surface area contributed by atoms with E-state index in [1.807, 2.05) is 20.8 Å². The number of nitrogens with zero attached hydrogens (tertiary/aromatic N) is 2. The Morgan fingerprint density at radius 3 is 2.49 bits per heavy atom. The van der Waals surface area contributed by atoms with E-state index in [1.165, 1.54) is 21.4 Å². The van der Waals surface area contributed by atoms with E-state index in [0.29, 0.717) is 17.9 Å². The van der Waals surface area contributed by atoms with Gasteiger partial charge in [-0.1, -0.05) is 33.0 Å². The molecule has 0 aliphatic heterocycles. The van der Waals surface area contributed by atoms with Crippen molar-refractivity contribution in [3.05, 3.63) is 47.0 Å². The average molecular weight is 529 g/mol. The largest absolute Gasteiger partial charge is 0.492 e. The maximum atomic E-state index is 14.5. The van der Waals surface area contributed by atoms with Crippen molar-refractivity contribution in [2.75, 3.05) is 24.2 Å². The predicted octanol–water partition coefficient (Wildman–Crippen LogP) is 4.43. The number of benzene rings is 2. The van der Waals surface area contributed by atoms with E-state index < -0.39 is 17.7 Å². The van der Waals surface area contributed by atoms with Gasteiger partial charge in [-0.3, -0.25) is 5.32 Å². The molecule has 9 nitrogen and oxygen atoms in total. The smallest absolute Gasteiger partial charge is 0.284 e. The van der Waals surface area contributed by atoms with Crippen LogP contribution in [-0.4, -0.2) is 45.5 Å². The SMILES string of the molecule is CC(C)(C)OC(O)NCCOc1ccc(-c2c(Cl)cc(Nc3n[nH]c(N)n3)cc2C(F)(F)P)cc1. The topological polar surface area (TPSA) is 130 Å². The number of halogens is 3. The number of ether oxygens (including phenoxy) is 2. The molecule has 2 unspecified atom stereocenters. The molecule has 2 atom stereocenters. The number of H-pyrrole nitrogens is 1. The minimum atomic E-state index is -3.26. The highest BCUT2D eigenvalue weighted by Gasteiger charge is 2.30. The lowest BCUT2D eigenvalue weighted by Crippen LogP contribution is -2.39. The van der Waals surface area contributed by atoms with Crippen LogP contribution < -0.4 is 21.1 Å². The first kappa shape index (κ1) is 27.0. The van der Waals surface area contributed by atoms with Crippen molar-refractivity contribution < 1.29 is 23.4 Å². The number of hydrogen-bond acceptors (Lipinski definition) is 8. The maximum Gasteiger partial charge on any atom is 0.284 e. The minimum Gasteiger partial charge on any atom is -0.492 e. The number of aromatic nitrogens is 3. The standard InChI is InChI=1S/C22H28ClF2N6O3P/c1-21(2,3)34-20(32)27-8-9-33-14-6-4-12(5-7-14)17-15(22(24,25)35)10-13(11-16(17)23)28-19-29-18(26)30-31-19/h4-7,10-11,20,27,32H,8-9,35H2,1-3H3,(H4,26,28,29,30,31). The van der Waals surface area contributed by atoms with Gasteiger partial charge in [0, 0.05) is 23.4 Å². The summed E-state index contributed by atoms with van der Waals surface area (Å²) in [6, 6.07) is 9.38. The Bertz CT molecular complexity index is 1140. The molecule has 0 radical (unpaired) electrons. The highest BCUT2D eigenvalue weighted by atomic mass is 35.5. The highest BCUT2D eigenvalue weighted by Crippen LogP contribution is 2.45. The van der Waals surface area contributed by atoms with Gasteiger partial charge in [-0.05, 0) is 50.6 Å². The van der Waals surface area contributed by atoms with Gasteiger partial charge in [-0.15, -0.1) is 5.10 Å². The Hall–Kier alpha value is -2.56. The zero-order valence-electron chi connectivity index (χ0n) is 19.4. The monoisotopic (exact) mass is 528 g/mol. The average Bonchev–Trinajstić information content (AvgIpc) is 3.14. The van der Waals surface area contributed by atoms with E-state index in [2.05, 4.69) is 25.8 Å². The Labute approximate surface area is 209 Å². The molecule has 1 heterocycles. The number of aliphatic hydroxyl groups excluding tert-OH is 1. The third kappa shape index (κ3) is 7.98. The number of anilines is 3. The molecule has 0 saturated carbocycles. The van der Waals surface area contributed by atoms with Gasteiger partial charge in [0.05, 0.1) is 10.6 Å². The van der Waals surface area contributed by atoms with E-state index in [1.54, 1.807) is 24.3 Å². The zero-order chi connectivity index (χ0) is 25.8. The second-order valence-corrected chi connectivity index (χ2v) is 9.71. The van der Waals surface area contributed by atoms with E-state index >= 15 is 0 Å². The van der Waals surface area contributed by atoms with Gasteiger partial charge in [0.25, 0.3) is 5.66 Å². The fourth-order valence-corrected chi connectivity index (χ4v) is 3.70. The molecule has 0 amide bonds. The van der Waals surface area contributed by atoms with Gasteiger partial charge in [-0.25, -0.2) is 5.10 Å². The van der Waals surface area contributed by atoms with Crippen LogP contribution in [0.2, 0.25) is 5.02 Å². The molecular weight excluding hydrogens is 501 g/mol. The van der Waals surface area contributed by atoms with Crippen molar-refractivity contribution in [1.29, 1.82) is 0 Å². The molecule has 2 aromatic carbocycles. The third-order valence-electron chi connectivity index (χ3n) is 4.51. The number of alkyl halides is 2. The predicted molar refractivity (Wildman–Crippen MR) is 135 cm³/mol. The normalized spacial score (nSPS) is 13.0. The molecule has 1 aromatic heterocycles. The Morgan fingerprint density at radius 2 is 1.91 bits per heavy atom. The first-order valence-corrected chi connectivity index (χ1v) is 11.6. The summed E-state index contributed by atoms with van der Waals surface area (Å²) in [6.45, 7) is 6.08. The summed E-state index contributed by atoms with van der Waals surface area (Å²) >= 11 is 6.43. The summed E-state index contributed by atoms with van der Waals surface area (Å²) in [4.78, 5) is 3.90. The Balaban J connectivity index is 1.71. The first-order valence-electron chi connectivity index (χ1n) is 10.6. The number of rotatable bonds is 10. The first-order chi connectivity index (χ1) is 16.3. The molecular formula is C22H28ClF2N6O3P. The van der Waals surface area contributed by atoms with Crippen molar-refractivity contribution in [3.8, 4) is 16.9 Å². The summed E-state index contributed by atoms with van der Waals surface area (Å²) < 4.78 is 40.0. The molecule has 190 valence electrons. The number of nitrogens with two attached hydrogens (primary N) is 1. The number of hydrogen-bond donors (Lipinski definition) is 5. The van der Waals surface area contributed by atoms with Crippen molar-refractivity contribution in [3.63, 3.8) is 0 Å². The van der Waals surface area contributed by atoms with Gasteiger partial charge in [0.2, 0.25) is 18.3 Å². The molecule has 35 heavy (non-hydrogen) atoms. The molecule has 0 aliphatic rings. The van der Waals surface area contributed by atoms with E-state index in [0.717, 1.165) is 0 Å². The molecule has 3 rings (SSSR count). The van der Waals surface area contributed by atoms with E-state index in [4.69, 9.17) is 26.8 Å². The summed E-state index contributed by atoms with van der Waals surface area (Å²) in [5.41, 5.74) is 2.40. The van der Waals surface area contributed by atoms with Crippen LogP contribution in [-0.2, 0) is 10.4 Å². The molecule has 0 bridgehead atoms. The lowest BCUT2D eigenvalue weighted by Gasteiger charge is -2.24. The van der Waals surface area contributed by atoms with Gasteiger partial charge < -0.3 is 25.6 Å². The summed E-state index contributed by atoms with van der Waals surface area (Å²) in [7, 11) is 1.53. The summed E-state index contributed by atoms with van der Waals surface area (Å²) in [5.74, 6) is 0.731. The van der Waals surface area contributed by atoms with Crippen molar-refractivity contribution in [2.24, 2.45) is 0 Å². The third-order valence-corrected chi connectivity index (χ3v) is 5.12. The van der Waals surface area contributed by atoms with Crippen LogP contribution >= 0.6 is 20.8 Å². The number of nitrogens with one attached hydrogen (secondary N) is 3. The lowest BCUT2D eigenvalue weighted by atomic mass is 9.98. The molecule has 3 aromatic rings. The van der Waals surface area contributed by atoms with Crippen LogP contribution in [0, 0.1) is 0 Å². The van der Waals surface area contributed by atoms with Crippen molar-refractivity contribution in [1.82, 2.24) is 20.5 Å². The van der Waals surface area contributed by atoms with Gasteiger partial charge >= 0.3 is 0 Å². The number of aromatic amines is 1. The van der Waals surface area contributed by atoms with Crippen molar-refractivity contribution in [2.45, 2.75) is 38.4 Å². The molecule has 13 heteroatoms. The number of aliphatic hydroxyl groups is 1. The highest BCUT2D eigenvalue weighted by molar-refractivity contribution is 7.17. The fourth-order valence-electron chi connectivity index (χ4n) is 3.14. The molecule has 6 N–H and O–H groups in total. The van der Waals surface area contributed by atoms with Gasteiger partial charge in [0.1, 0.15) is 12.4 Å². The maximum absolute atomic E-state index is 14.5. The van der Waals surface area contributed by atoms with Gasteiger partial charge in [-0.2, -0.15) is 13.8 Å². The quantitative estimate of drug-likeness (QED) is 0.148. The lowest BCUT2D eigenvalue weighted by molar-refractivity contribution is -0.181. The van der Waals surface area contributed by atoms with E-state index in [9.17, 15) is 13.9 Å².